The molecule has 54 valence electrons. The van der Waals surface area contributed by atoms with Crippen molar-refractivity contribution in [2.45, 2.75) is 6.42 Å². The largest absolute Gasteiger partial charge is 0.316 e. The molecular formula is C7H10N2S. The van der Waals surface area contributed by atoms with Crippen molar-refractivity contribution in [2.75, 3.05) is 13.1 Å². The third-order valence-corrected chi connectivity index (χ3v) is 2.61. The van der Waals surface area contributed by atoms with Crippen LogP contribution in [0.5, 0.6) is 0 Å². The van der Waals surface area contributed by atoms with E-state index in [-0.39, 0.29) is 0 Å². The van der Waals surface area contributed by atoms with Gasteiger partial charge in [0, 0.05) is 18.0 Å². The van der Waals surface area contributed by atoms with Crippen LogP contribution in [0.2, 0.25) is 0 Å². The van der Waals surface area contributed by atoms with Crippen molar-refractivity contribution in [3.8, 4) is 0 Å². The molecule has 1 fully saturated rings. The van der Waals surface area contributed by atoms with E-state index in [9.17, 15) is 0 Å². The molecule has 1 aromatic heterocycles. The van der Waals surface area contributed by atoms with Crippen molar-refractivity contribution in [2.24, 2.45) is 5.92 Å². The summed E-state index contributed by atoms with van der Waals surface area (Å²) in [6, 6.07) is 0. The van der Waals surface area contributed by atoms with Gasteiger partial charge in [0.2, 0.25) is 0 Å². The van der Waals surface area contributed by atoms with Gasteiger partial charge < -0.3 is 5.32 Å². The second-order valence-corrected chi connectivity index (χ2v) is 3.63. The van der Waals surface area contributed by atoms with E-state index in [4.69, 9.17) is 0 Å². The van der Waals surface area contributed by atoms with Crippen LogP contribution in [0.15, 0.2) is 11.6 Å². The maximum Gasteiger partial charge on any atom is 0.0928 e. The van der Waals surface area contributed by atoms with E-state index in [2.05, 4.69) is 10.3 Å². The van der Waals surface area contributed by atoms with Crippen LogP contribution < -0.4 is 5.32 Å². The highest BCUT2D eigenvalue weighted by molar-refractivity contribution is 7.09. The van der Waals surface area contributed by atoms with Gasteiger partial charge in [0.25, 0.3) is 0 Å². The topological polar surface area (TPSA) is 24.9 Å². The number of thiazole rings is 1. The minimum atomic E-state index is 0.853. The lowest BCUT2D eigenvalue weighted by molar-refractivity contribution is 0.346. The Bertz CT molecular complexity index is 191. The number of aromatic nitrogens is 1. The van der Waals surface area contributed by atoms with Crippen molar-refractivity contribution < 1.29 is 0 Å². The van der Waals surface area contributed by atoms with Gasteiger partial charge in [0.05, 0.1) is 5.01 Å². The molecule has 1 aliphatic rings. The Hall–Kier alpha value is -0.410. The van der Waals surface area contributed by atoms with Crippen molar-refractivity contribution in [3.63, 3.8) is 0 Å². The van der Waals surface area contributed by atoms with E-state index in [1.54, 1.807) is 11.3 Å². The highest BCUT2D eigenvalue weighted by Gasteiger charge is 2.17. The third kappa shape index (κ3) is 1.20. The molecule has 0 atom stereocenters. The lowest BCUT2D eigenvalue weighted by Crippen LogP contribution is -2.43. The first-order chi connectivity index (χ1) is 4.95. The normalized spacial score (nSPS) is 18.8. The van der Waals surface area contributed by atoms with Crippen molar-refractivity contribution in [3.05, 3.63) is 16.6 Å². The van der Waals surface area contributed by atoms with E-state index in [0.29, 0.717) is 0 Å². The zero-order valence-electron chi connectivity index (χ0n) is 5.71. The van der Waals surface area contributed by atoms with Gasteiger partial charge in [-0.3, -0.25) is 0 Å². The summed E-state index contributed by atoms with van der Waals surface area (Å²) in [5, 5.41) is 6.58. The number of hydrogen-bond acceptors (Lipinski definition) is 3. The van der Waals surface area contributed by atoms with Crippen LogP contribution in [0.25, 0.3) is 0 Å². The lowest BCUT2D eigenvalue weighted by Gasteiger charge is -2.25. The maximum atomic E-state index is 4.23. The molecular weight excluding hydrogens is 144 g/mol. The monoisotopic (exact) mass is 154 g/mol. The van der Waals surface area contributed by atoms with Crippen molar-refractivity contribution >= 4 is 11.3 Å². The first-order valence-corrected chi connectivity index (χ1v) is 4.42. The molecule has 10 heavy (non-hydrogen) atoms. The summed E-state index contributed by atoms with van der Waals surface area (Å²) >= 11 is 1.76. The van der Waals surface area contributed by atoms with Gasteiger partial charge in [-0.25, -0.2) is 4.98 Å². The molecule has 1 aliphatic heterocycles. The first-order valence-electron chi connectivity index (χ1n) is 3.54. The molecule has 0 radical (unpaired) electrons. The van der Waals surface area contributed by atoms with E-state index >= 15 is 0 Å². The second-order valence-electron chi connectivity index (χ2n) is 2.65. The predicted octanol–water partition coefficient (Wildman–Crippen LogP) is 0.905. The molecule has 2 rings (SSSR count). The molecule has 1 saturated heterocycles. The summed E-state index contributed by atoms with van der Waals surface area (Å²) in [5.41, 5.74) is 0. The van der Waals surface area contributed by atoms with E-state index in [1.165, 1.54) is 24.5 Å². The molecule has 0 amide bonds. The summed E-state index contributed by atoms with van der Waals surface area (Å²) < 4.78 is 0. The first kappa shape index (κ1) is 6.31. The summed E-state index contributed by atoms with van der Waals surface area (Å²) in [5.74, 6) is 0.853. The van der Waals surface area contributed by atoms with Crippen molar-refractivity contribution in [1.82, 2.24) is 10.3 Å². The Labute approximate surface area is 64.3 Å². The zero-order chi connectivity index (χ0) is 6.81. The smallest absolute Gasteiger partial charge is 0.0928 e. The van der Waals surface area contributed by atoms with Gasteiger partial charge in [0.1, 0.15) is 0 Å². The van der Waals surface area contributed by atoms with Crippen LogP contribution in [0.3, 0.4) is 0 Å². The van der Waals surface area contributed by atoms with Gasteiger partial charge in [0.15, 0.2) is 0 Å². The molecule has 0 unspecified atom stereocenters. The van der Waals surface area contributed by atoms with Gasteiger partial charge >= 0.3 is 0 Å². The fourth-order valence-corrected chi connectivity index (χ4v) is 1.83. The summed E-state index contributed by atoms with van der Waals surface area (Å²) in [7, 11) is 0. The van der Waals surface area contributed by atoms with Gasteiger partial charge in [-0.2, -0.15) is 0 Å². The van der Waals surface area contributed by atoms with E-state index in [0.717, 1.165) is 5.92 Å². The van der Waals surface area contributed by atoms with Crippen LogP contribution >= 0.6 is 11.3 Å². The molecule has 1 N–H and O–H groups in total. The van der Waals surface area contributed by atoms with Crippen LogP contribution in [-0.4, -0.2) is 18.1 Å². The Morgan fingerprint density at radius 1 is 1.70 bits per heavy atom. The Morgan fingerprint density at radius 2 is 2.60 bits per heavy atom. The Morgan fingerprint density at radius 3 is 3.10 bits per heavy atom. The summed E-state index contributed by atoms with van der Waals surface area (Å²) in [4.78, 5) is 4.23. The number of rotatable bonds is 2. The average molecular weight is 154 g/mol. The van der Waals surface area contributed by atoms with Gasteiger partial charge in [-0.15, -0.1) is 11.3 Å². The Kier molecular flexibility index (Phi) is 1.69. The summed E-state index contributed by atoms with van der Waals surface area (Å²) in [6.45, 7) is 2.36. The summed E-state index contributed by atoms with van der Waals surface area (Å²) in [6.07, 6.45) is 3.05. The molecule has 0 bridgehead atoms. The minimum absolute atomic E-state index is 0.853. The zero-order valence-corrected chi connectivity index (χ0v) is 6.53. The van der Waals surface area contributed by atoms with E-state index < -0.39 is 0 Å². The highest BCUT2D eigenvalue weighted by atomic mass is 32.1. The van der Waals surface area contributed by atoms with Crippen LogP contribution in [0, 0.1) is 5.92 Å². The quantitative estimate of drug-likeness (QED) is 0.684. The van der Waals surface area contributed by atoms with Crippen molar-refractivity contribution in [1.29, 1.82) is 0 Å². The Balaban J connectivity index is 1.90. The molecule has 2 nitrogen and oxygen atoms in total. The van der Waals surface area contributed by atoms with Gasteiger partial charge in [-0.1, -0.05) is 0 Å². The standard InChI is InChI=1S/C7H10N2S/c1-2-10-7(9-1)3-6-4-8-5-6/h1-2,6,8H,3-5H2. The SMILES string of the molecule is c1csc(CC2CNC2)n1. The molecule has 0 saturated carbocycles. The molecule has 0 aromatic carbocycles. The number of hydrogen-bond donors (Lipinski definition) is 1. The maximum absolute atomic E-state index is 4.23. The molecule has 0 spiro atoms. The number of nitrogens with zero attached hydrogens (tertiary/aromatic N) is 1. The molecule has 2 heterocycles. The van der Waals surface area contributed by atoms with E-state index in [1.807, 2.05) is 11.6 Å². The molecule has 3 heteroatoms. The fourth-order valence-electron chi connectivity index (χ4n) is 1.09. The average Bonchev–Trinajstić information content (AvgIpc) is 2.29. The van der Waals surface area contributed by atoms with Crippen LogP contribution in [0.4, 0.5) is 0 Å². The predicted molar refractivity (Wildman–Crippen MR) is 42.2 cm³/mol. The second kappa shape index (κ2) is 2.68. The van der Waals surface area contributed by atoms with Crippen LogP contribution in [-0.2, 0) is 6.42 Å². The third-order valence-electron chi connectivity index (χ3n) is 1.81. The highest BCUT2D eigenvalue weighted by Crippen LogP contribution is 2.13. The molecule has 0 aliphatic carbocycles. The lowest BCUT2D eigenvalue weighted by atomic mass is 10.0. The fraction of sp³-hybridized carbons (Fsp3) is 0.571. The minimum Gasteiger partial charge on any atom is -0.316 e. The van der Waals surface area contributed by atoms with Crippen LogP contribution in [0.1, 0.15) is 5.01 Å². The number of nitrogens with one attached hydrogen (secondary N) is 1. The van der Waals surface area contributed by atoms with Gasteiger partial charge in [-0.05, 0) is 19.0 Å². The molecule has 1 aromatic rings.